The molecule has 0 aliphatic rings. The Balaban J connectivity index is 3.20. The molecular weight excluding hydrogens is 240 g/mol. The highest BCUT2D eigenvalue weighted by molar-refractivity contribution is 5.82. The number of hydrogen-bond donors (Lipinski definition) is 1. The SMILES string of the molecule is CCCNC(C)(C(=O)OC)c1ccc(F)cc1F. The van der Waals surface area contributed by atoms with Gasteiger partial charge in [-0.25, -0.2) is 13.6 Å². The first-order chi connectivity index (χ1) is 8.45. The lowest BCUT2D eigenvalue weighted by atomic mass is 9.91. The molecule has 0 aromatic heterocycles. The van der Waals surface area contributed by atoms with Crippen molar-refractivity contribution < 1.29 is 18.3 Å². The third kappa shape index (κ3) is 2.85. The number of halogens is 2. The number of ether oxygens (including phenoxy) is 1. The summed E-state index contributed by atoms with van der Waals surface area (Å²) in [6, 6.07) is 3.13. The molecule has 0 saturated carbocycles. The lowest BCUT2D eigenvalue weighted by Gasteiger charge is -2.28. The lowest BCUT2D eigenvalue weighted by molar-refractivity contribution is -0.148. The van der Waals surface area contributed by atoms with Crippen molar-refractivity contribution in [3.8, 4) is 0 Å². The third-order valence-electron chi connectivity index (χ3n) is 2.79. The zero-order valence-corrected chi connectivity index (χ0v) is 10.7. The minimum absolute atomic E-state index is 0.0733. The van der Waals surface area contributed by atoms with E-state index in [1.165, 1.54) is 20.1 Å². The molecule has 0 radical (unpaired) electrons. The Labute approximate surface area is 105 Å². The summed E-state index contributed by atoms with van der Waals surface area (Å²) >= 11 is 0. The van der Waals surface area contributed by atoms with E-state index in [1.54, 1.807) is 0 Å². The van der Waals surface area contributed by atoms with E-state index in [0.717, 1.165) is 18.6 Å². The topological polar surface area (TPSA) is 38.3 Å². The summed E-state index contributed by atoms with van der Waals surface area (Å²) in [4.78, 5) is 11.8. The highest BCUT2D eigenvalue weighted by Crippen LogP contribution is 2.25. The minimum atomic E-state index is -1.32. The Morgan fingerprint density at radius 3 is 2.61 bits per heavy atom. The van der Waals surface area contributed by atoms with E-state index < -0.39 is 23.1 Å². The zero-order chi connectivity index (χ0) is 13.8. The van der Waals surface area contributed by atoms with Crippen molar-refractivity contribution in [2.75, 3.05) is 13.7 Å². The largest absolute Gasteiger partial charge is 0.467 e. The molecular formula is C13H17F2NO2. The second kappa shape index (κ2) is 5.91. The molecule has 0 aliphatic carbocycles. The Hall–Kier alpha value is -1.49. The van der Waals surface area contributed by atoms with Gasteiger partial charge in [0.25, 0.3) is 0 Å². The van der Waals surface area contributed by atoms with Crippen LogP contribution in [-0.2, 0) is 15.1 Å². The first-order valence-electron chi connectivity index (χ1n) is 5.74. The summed E-state index contributed by atoms with van der Waals surface area (Å²) in [5.74, 6) is -2.06. The molecule has 0 saturated heterocycles. The molecule has 1 aromatic carbocycles. The monoisotopic (exact) mass is 257 g/mol. The van der Waals surface area contributed by atoms with E-state index in [9.17, 15) is 13.6 Å². The van der Waals surface area contributed by atoms with Gasteiger partial charge in [0.15, 0.2) is 0 Å². The summed E-state index contributed by atoms with van der Waals surface area (Å²) in [6.45, 7) is 3.96. The number of esters is 1. The molecule has 0 heterocycles. The third-order valence-corrected chi connectivity index (χ3v) is 2.79. The molecule has 1 atom stereocenters. The maximum atomic E-state index is 13.8. The summed E-state index contributed by atoms with van der Waals surface area (Å²) in [6.07, 6.45) is 0.773. The molecule has 100 valence electrons. The Bertz CT molecular complexity index is 437. The summed E-state index contributed by atoms with van der Waals surface area (Å²) < 4.78 is 31.4. The van der Waals surface area contributed by atoms with Gasteiger partial charge in [0.1, 0.15) is 17.2 Å². The van der Waals surface area contributed by atoms with Crippen molar-refractivity contribution in [1.82, 2.24) is 5.32 Å². The average Bonchev–Trinajstić information content (AvgIpc) is 2.34. The average molecular weight is 257 g/mol. The standard InChI is InChI=1S/C13H17F2NO2/c1-4-7-16-13(2,12(17)18-3)10-6-5-9(14)8-11(10)15/h5-6,8,16H,4,7H2,1-3H3. The predicted octanol–water partition coefficient (Wildman–Crippen LogP) is 2.35. The van der Waals surface area contributed by atoms with Crippen molar-refractivity contribution in [1.29, 1.82) is 0 Å². The molecule has 1 N–H and O–H groups in total. The number of benzene rings is 1. The molecule has 18 heavy (non-hydrogen) atoms. The van der Waals surface area contributed by atoms with Gasteiger partial charge in [-0.05, 0) is 26.0 Å². The number of methoxy groups -OCH3 is 1. The Kier molecular flexibility index (Phi) is 4.78. The predicted molar refractivity (Wildman–Crippen MR) is 64.0 cm³/mol. The van der Waals surface area contributed by atoms with Gasteiger partial charge in [-0.1, -0.05) is 13.0 Å². The maximum Gasteiger partial charge on any atom is 0.330 e. The molecule has 5 heteroatoms. The van der Waals surface area contributed by atoms with Crippen LogP contribution in [0.5, 0.6) is 0 Å². The van der Waals surface area contributed by atoms with Crippen LogP contribution in [0.1, 0.15) is 25.8 Å². The first kappa shape index (κ1) is 14.6. The van der Waals surface area contributed by atoms with E-state index in [4.69, 9.17) is 4.74 Å². The molecule has 0 bridgehead atoms. The number of carbonyl (C=O) groups excluding carboxylic acids is 1. The van der Waals surface area contributed by atoms with Crippen LogP contribution >= 0.6 is 0 Å². The zero-order valence-electron chi connectivity index (χ0n) is 10.7. The van der Waals surface area contributed by atoms with Gasteiger partial charge in [0.2, 0.25) is 0 Å². The molecule has 0 spiro atoms. The van der Waals surface area contributed by atoms with E-state index in [1.807, 2.05) is 6.92 Å². The van der Waals surface area contributed by atoms with Crippen molar-refractivity contribution >= 4 is 5.97 Å². The second-order valence-electron chi connectivity index (χ2n) is 4.17. The van der Waals surface area contributed by atoms with E-state index in [-0.39, 0.29) is 5.56 Å². The van der Waals surface area contributed by atoms with E-state index in [0.29, 0.717) is 6.54 Å². The summed E-state index contributed by atoms with van der Waals surface area (Å²) in [5, 5.41) is 2.94. The van der Waals surface area contributed by atoms with Gasteiger partial charge in [0.05, 0.1) is 7.11 Å². The van der Waals surface area contributed by atoms with Crippen LogP contribution < -0.4 is 5.32 Å². The first-order valence-corrected chi connectivity index (χ1v) is 5.74. The van der Waals surface area contributed by atoms with Crippen molar-refractivity contribution in [3.63, 3.8) is 0 Å². The van der Waals surface area contributed by atoms with Crippen LogP contribution in [0.15, 0.2) is 18.2 Å². The smallest absolute Gasteiger partial charge is 0.330 e. The van der Waals surface area contributed by atoms with Crippen molar-refractivity contribution in [2.45, 2.75) is 25.8 Å². The maximum absolute atomic E-state index is 13.8. The highest BCUT2D eigenvalue weighted by atomic mass is 19.1. The van der Waals surface area contributed by atoms with Crippen LogP contribution in [0, 0.1) is 11.6 Å². The number of nitrogens with one attached hydrogen (secondary N) is 1. The van der Waals surface area contributed by atoms with Crippen LogP contribution in [0.3, 0.4) is 0 Å². The van der Waals surface area contributed by atoms with E-state index >= 15 is 0 Å². The van der Waals surface area contributed by atoms with Gasteiger partial charge in [-0.2, -0.15) is 0 Å². The fraction of sp³-hybridized carbons (Fsp3) is 0.462. The van der Waals surface area contributed by atoms with Crippen LogP contribution in [0.4, 0.5) is 8.78 Å². The molecule has 1 aromatic rings. The van der Waals surface area contributed by atoms with Gasteiger partial charge in [-0.3, -0.25) is 5.32 Å². The van der Waals surface area contributed by atoms with Crippen molar-refractivity contribution in [2.24, 2.45) is 0 Å². The Morgan fingerprint density at radius 1 is 1.44 bits per heavy atom. The molecule has 1 rings (SSSR count). The molecule has 3 nitrogen and oxygen atoms in total. The van der Waals surface area contributed by atoms with E-state index in [2.05, 4.69) is 5.32 Å². The molecule has 1 unspecified atom stereocenters. The van der Waals surface area contributed by atoms with Crippen molar-refractivity contribution in [3.05, 3.63) is 35.4 Å². The number of rotatable bonds is 5. The number of carbonyl (C=O) groups is 1. The van der Waals surface area contributed by atoms with Crippen LogP contribution in [0.2, 0.25) is 0 Å². The fourth-order valence-corrected chi connectivity index (χ4v) is 1.75. The molecule has 0 fully saturated rings. The lowest BCUT2D eigenvalue weighted by Crippen LogP contribution is -2.48. The summed E-state index contributed by atoms with van der Waals surface area (Å²) in [7, 11) is 1.23. The Morgan fingerprint density at radius 2 is 2.11 bits per heavy atom. The van der Waals surface area contributed by atoms with Gasteiger partial charge in [0, 0.05) is 11.6 Å². The highest BCUT2D eigenvalue weighted by Gasteiger charge is 2.38. The molecule has 0 amide bonds. The second-order valence-corrected chi connectivity index (χ2v) is 4.17. The minimum Gasteiger partial charge on any atom is -0.467 e. The fourth-order valence-electron chi connectivity index (χ4n) is 1.75. The van der Waals surface area contributed by atoms with Gasteiger partial charge < -0.3 is 4.74 Å². The molecule has 0 aliphatic heterocycles. The van der Waals surface area contributed by atoms with Crippen LogP contribution in [-0.4, -0.2) is 19.6 Å². The quantitative estimate of drug-likeness (QED) is 0.823. The number of hydrogen-bond acceptors (Lipinski definition) is 3. The summed E-state index contributed by atoms with van der Waals surface area (Å²) in [5.41, 5.74) is -1.24. The normalized spacial score (nSPS) is 14.1. The van der Waals surface area contributed by atoms with Crippen LogP contribution in [0.25, 0.3) is 0 Å². The van der Waals surface area contributed by atoms with Gasteiger partial charge >= 0.3 is 5.97 Å². The van der Waals surface area contributed by atoms with Gasteiger partial charge in [-0.15, -0.1) is 0 Å².